The number of rotatable bonds is 2. The first-order chi connectivity index (χ1) is 10.3. The van der Waals surface area contributed by atoms with Gasteiger partial charge in [0.2, 0.25) is 0 Å². The number of hydrogen-bond acceptors (Lipinski definition) is 5. The average Bonchev–Trinajstić information content (AvgIpc) is 2.77. The van der Waals surface area contributed by atoms with Gasteiger partial charge in [-0.2, -0.15) is 5.26 Å². The topological polar surface area (TPSA) is 57.5 Å². The van der Waals surface area contributed by atoms with Crippen LogP contribution in [0.15, 0.2) is 16.6 Å². The lowest BCUT2D eigenvalue weighted by Crippen LogP contribution is -2.31. The molecule has 1 atom stereocenters. The van der Waals surface area contributed by atoms with Gasteiger partial charge in [-0.1, -0.05) is 0 Å². The fourth-order valence-electron chi connectivity index (χ4n) is 2.78. The fourth-order valence-corrected chi connectivity index (χ4v) is 3.35. The second kappa shape index (κ2) is 6.65. The van der Waals surface area contributed by atoms with Crippen LogP contribution >= 0.6 is 15.9 Å². The second-order valence-corrected chi connectivity index (χ2v) is 6.05. The molecule has 1 fully saturated rings. The van der Waals surface area contributed by atoms with Gasteiger partial charge >= 0.3 is 0 Å². The molecule has 6 heteroatoms. The molecule has 0 spiro atoms. The van der Waals surface area contributed by atoms with E-state index >= 15 is 0 Å². The van der Waals surface area contributed by atoms with Crippen molar-refractivity contribution in [3.05, 3.63) is 22.2 Å². The third-order valence-corrected chi connectivity index (χ3v) is 4.39. The van der Waals surface area contributed by atoms with Crippen LogP contribution in [0.25, 0.3) is 0 Å². The van der Waals surface area contributed by atoms with Gasteiger partial charge in [0.05, 0.1) is 10.5 Å². The zero-order chi connectivity index (χ0) is 14.7. The second-order valence-electron chi connectivity index (χ2n) is 5.20. The predicted molar refractivity (Wildman–Crippen MR) is 82.5 cm³/mol. The molecule has 1 saturated heterocycles. The summed E-state index contributed by atoms with van der Waals surface area (Å²) in [6.45, 7) is 4.85. The van der Waals surface area contributed by atoms with Crippen molar-refractivity contribution < 1.29 is 9.47 Å². The van der Waals surface area contributed by atoms with Crippen molar-refractivity contribution in [2.75, 3.05) is 39.4 Å². The molecule has 1 aromatic carbocycles. The van der Waals surface area contributed by atoms with Crippen LogP contribution in [0.3, 0.4) is 0 Å². The smallest absolute Gasteiger partial charge is 0.175 e. The molecular formula is C15H18BrN3O2. The quantitative estimate of drug-likeness (QED) is 0.883. The molecule has 1 aromatic rings. The van der Waals surface area contributed by atoms with E-state index in [0.717, 1.165) is 54.1 Å². The maximum atomic E-state index is 9.62. The predicted octanol–water partition coefficient (Wildman–Crippen LogP) is 2.08. The van der Waals surface area contributed by atoms with E-state index < -0.39 is 0 Å². The maximum absolute atomic E-state index is 9.62. The Kier molecular flexibility index (Phi) is 4.63. The monoisotopic (exact) mass is 351 g/mol. The molecule has 2 aliphatic heterocycles. The summed E-state index contributed by atoms with van der Waals surface area (Å²) in [5.74, 6) is 1.46. The summed E-state index contributed by atoms with van der Waals surface area (Å²) in [7, 11) is 0. The molecule has 1 unspecified atom stereocenters. The number of ether oxygens (including phenoxy) is 2. The highest BCUT2D eigenvalue weighted by atomic mass is 79.9. The summed E-state index contributed by atoms with van der Waals surface area (Å²) in [4.78, 5) is 2.22. The van der Waals surface area contributed by atoms with Crippen LogP contribution in [-0.2, 0) is 0 Å². The zero-order valence-corrected chi connectivity index (χ0v) is 13.4. The Labute approximate surface area is 133 Å². The summed E-state index contributed by atoms with van der Waals surface area (Å²) in [5, 5.41) is 13.0. The summed E-state index contributed by atoms with van der Waals surface area (Å²) in [5.41, 5.74) is 0.954. The third kappa shape index (κ3) is 3.15. The molecule has 3 rings (SSSR count). The Morgan fingerprint density at radius 1 is 1.24 bits per heavy atom. The van der Waals surface area contributed by atoms with E-state index in [4.69, 9.17) is 9.47 Å². The molecule has 0 bridgehead atoms. The van der Waals surface area contributed by atoms with Gasteiger partial charge in [0, 0.05) is 19.6 Å². The van der Waals surface area contributed by atoms with Gasteiger partial charge in [-0.15, -0.1) is 0 Å². The van der Waals surface area contributed by atoms with Crippen molar-refractivity contribution in [2.24, 2.45) is 0 Å². The van der Waals surface area contributed by atoms with E-state index in [1.807, 2.05) is 12.1 Å². The van der Waals surface area contributed by atoms with Crippen LogP contribution in [-0.4, -0.2) is 44.3 Å². The van der Waals surface area contributed by atoms with E-state index in [0.29, 0.717) is 13.2 Å². The Hall–Kier alpha value is -1.29. The van der Waals surface area contributed by atoms with Crippen molar-refractivity contribution in [2.45, 2.75) is 12.5 Å². The molecule has 0 saturated carbocycles. The third-order valence-electron chi connectivity index (χ3n) is 3.80. The van der Waals surface area contributed by atoms with Crippen LogP contribution in [0.1, 0.15) is 18.0 Å². The van der Waals surface area contributed by atoms with Crippen molar-refractivity contribution in [1.29, 1.82) is 5.26 Å². The number of hydrogen-bond donors (Lipinski definition) is 1. The number of nitrogens with one attached hydrogen (secondary N) is 1. The van der Waals surface area contributed by atoms with Gasteiger partial charge in [0.15, 0.2) is 11.5 Å². The minimum absolute atomic E-state index is 0.253. The number of nitrogens with zero attached hydrogens (tertiary/aromatic N) is 2. The van der Waals surface area contributed by atoms with Crippen LogP contribution in [0.2, 0.25) is 0 Å². The summed E-state index contributed by atoms with van der Waals surface area (Å²) < 4.78 is 12.1. The van der Waals surface area contributed by atoms with Crippen LogP contribution in [0.4, 0.5) is 0 Å². The van der Waals surface area contributed by atoms with Gasteiger partial charge in [-0.3, -0.25) is 4.90 Å². The summed E-state index contributed by atoms with van der Waals surface area (Å²) in [6, 6.07) is 6.09. The standard InChI is InChI=1S/C15H18BrN3O2/c16-12-8-11(9-14-15(12)21-7-6-20-14)13(10-17)19-4-1-2-18-3-5-19/h8-9,13,18H,1-7H2. The Balaban J connectivity index is 1.90. The van der Waals surface area contributed by atoms with Crippen molar-refractivity contribution in [3.63, 3.8) is 0 Å². The van der Waals surface area contributed by atoms with Crippen molar-refractivity contribution in [3.8, 4) is 17.6 Å². The molecule has 5 nitrogen and oxygen atoms in total. The lowest BCUT2D eigenvalue weighted by molar-refractivity contribution is 0.169. The molecule has 0 aliphatic carbocycles. The molecule has 2 heterocycles. The van der Waals surface area contributed by atoms with Gasteiger partial charge < -0.3 is 14.8 Å². The Morgan fingerprint density at radius 3 is 2.95 bits per heavy atom. The van der Waals surface area contributed by atoms with E-state index in [1.54, 1.807) is 0 Å². The zero-order valence-electron chi connectivity index (χ0n) is 11.8. The maximum Gasteiger partial charge on any atom is 0.175 e. The number of halogens is 1. The highest BCUT2D eigenvalue weighted by Crippen LogP contribution is 2.40. The van der Waals surface area contributed by atoms with Gasteiger partial charge in [-0.05, 0) is 46.6 Å². The van der Waals surface area contributed by atoms with Crippen molar-refractivity contribution in [1.82, 2.24) is 10.2 Å². The van der Waals surface area contributed by atoms with E-state index in [2.05, 4.69) is 32.2 Å². The molecule has 0 radical (unpaired) electrons. The van der Waals surface area contributed by atoms with Gasteiger partial charge in [0.1, 0.15) is 19.3 Å². The fraction of sp³-hybridized carbons (Fsp3) is 0.533. The van der Waals surface area contributed by atoms with Crippen LogP contribution < -0.4 is 14.8 Å². The molecule has 21 heavy (non-hydrogen) atoms. The molecule has 1 N–H and O–H groups in total. The van der Waals surface area contributed by atoms with Crippen LogP contribution in [0.5, 0.6) is 11.5 Å². The Bertz CT molecular complexity index is 551. The Morgan fingerprint density at radius 2 is 2.10 bits per heavy atom. The largest absolute Gasteiger partial charge is 0.486 e. The van der Waals surface area contributed by atoms with Crippen molar-refractivity contribution >= 4 is 15.9 Å². The van der Waals surface area contributed by atoms with E-state index in [9.17, 15) is 5.26 Å². The highest BCUT2D eigenvalue weighted by Gasteiger charge is 2.25. The molecule has 2 aliphatic rings. The SMILES string of the molecule is N#CC(c1cc(Br)c2c(c1)OCCO2)N1CCCNCC1. The van der Waals surface area contributed by atoms with Gasteiger partial charge in [-0.25, -0.2) is 0 Å². The lowest BCUT2D eigenvalue weighted by Gasteiger charge is -2.27. The van der Waals surface area contributed by atoms with E-state index in [1.165, 1.54) is 0 Å². The minimum atomic E-state index is -0.253. The number of fused-ring (bicyclic) bond motifs is 1. The summed E-state index contributed by atoms with van der Waals surface area (Å²) >= 11 is 3.52. The normalized spacial score (nSPS) is 20.4. The van der Waals surface area contributed by atoms with Gasteiger partial charge in [0.25, 0.3) is 0 Å². The molecule has 0 aromatic heterocycles. The van der Waals surface area contributed by atoms with Crippen LogP contribution in [0, 0.1) is 11.3 Å². The highest BCUT2D eigenvalue weighted by molar-refractivity contribution is 9.10. The first-order valence-electron chi connectivity index (χ1n) is 7.23. The summed E-state index contributed by atoms with van der Waals surface area (Å²) in [6.07, 6.45) is 1.06. The minimum Gasteiger partial charge on any atom is -0.486 e. The first kappa shape index (κ1) is 14.6. The number of benzene rings is 1. The molecule has 0 amide bonds. The van der Waals surface area contributed by atoms with E-state index in [-0.39, 0.29) is 6.04 Å². The lowest BCUT2D eigenvalue weighted by atomic mass is 10.1. The molecular weight excluding hydrogens is 334 g/mol. The number of nitriles is 1. The first-order valence-corrected chi connectivity index (χ1v) is 8.02. The average molecular weight is 352 g/mol. The molecule has 112 valence electrons.